The molecule has 0 aliphatic rings. The fourth-order valence-corrected chi connectivity index (χ4v) is 2.01. The molecule has 0 spiro atoms. The Labute approximate surface area is 104 Å². The van der Waals surface area contributed by atoms with Crippen molar-refractivity contribution in [2.75, 3.05) is 5.32 Å². The maximum atomic E-state index is 13.2. The summed E-state index contributed by atoms with van der Waals surface area (Å²) in [5, 5.41) is 6.35. The van der Waals surface area contributed by atoms with Crippen LogP contribution in [0.5, 0.6) is 0 Å². The number of nitrogens with one attached hydrogen (secondary N) is 1. The summed E-state index contributed by atoms with van der Waals surface area (Å²) >= 11 is 4.52. The van der Waals surface area contributed by atoms with Crippen LogP contribution in [-0.4, -0.2) is 5.91 Å². The summed E-state index contributed by atoms with van der Waals surface area (Å²) in [5.41, 5.74) is 1.02. The van der Waals surface area contributed by atoms with Crippen molar-refractivity contribution in [1.82, 2.24) is 0 Å². The number of carbonyl (C=O) groups excluding carboxylic acids is 1. The molecule has 16 heavy (non-hydrogen) atoms. The van der Waals surface area contributed by atoms with Crippen LogP contribution in [0, 0.1) is 5.82 Å². The number of anilines is 1. The first kappa shape index (κ1) is 11.3. The summed E-state index contributed by atoms with van der Waals surface area (Å²) in [4.78, 5) is 11.7. The second-order valence-electron chi connectivity index (χ2n) is 3.10. The predicted molar refractivity (Wildman–Crippen MR) is 66.4 cm³/mol. The molecule has 1 aromatic carbocycles. The zero-order valence-electron chi connectivity index (χ0n) is 8.04. The number of amides is 1. The Morgan fingerprint density at radius 3 is 2.81 bits per heavy atom. The van der Waals surface area contributed by atoms with Gasteiger partial charge in [0.05, 0.1) is 10.2 Å². The molecule has 82 valence electrons. The van der Waals surface area contributed by atoms with Crippen molar-refractivity contribution in [1.29, 1.82) is 0 Å². The van der Waals surface area contributed by atoms with Gasteiger partial charge in [0.2, 0.25) is 0 Å². The van der Waals surface area contributed by atoms with Crippen molar-refractivity contribution in [2.24, 2.45) is 0 Å². The van der Waals surface area contributed by atoms with E-state index in [9.17, 15) is 9.18 Å². The van der Waals surface area contributed by atoms with E-state index in [0.717, 1.165) is 5.69 Å². The van der Waals surface area contributed by atoms with Gasteiger partial charge in [-0.1, -0.05) is 0 Å². The van der Waals surface area contributed by atoms with Gasteiger partial charge in [0, 0.05) is 10.9 Å². The summed E-state index contributed by atoms with van der Waals surface area (Å²) < 4.78 is 13.5. The molecule has 0 aliphatic heterocycles. The molecule has 0 radical (unpaired) electrons. The molecule has 2 rings (SSSR count). The molecule has 5 heteroatoms. The quantitative estimate of drug-likeness (QED) is 0.895. The van der Waals surface area contributed by atoms with Crippen LogP contribution in [0.3, 0.4) is 0 Å². The zero-order valence-corrected chi connectivity index (χ0v) is 10.4. The smallest absolute Gasteiger partial charge is 0.255 e. The van der Waals surface area contributed by atoms with Gasteiger partial charge in [-0.05, 0) is 45.6 Å². The van der Waals surface area contributed by atoms with Gasteiger partial charge in [0.25, 0.3) is 5.91 Å². The van der Waals surface area contributed by atoms with Crippen molar-refractivity contribution in [3.63, 3.8) is 0 Å². The first-order valence-electron chi connectivity index (χ1n) is 4.45. The molecule has 0 bridgehead atoms. The largest absolute Gasteiger partial charge is 0.321 e. The van der Waals surface area contributed by atoms with Crippen LogP contribution in [0.4, 0.5) is 10.1 Å². The van der Waals surface area contributed by atoms with Gasteiger partial charge in [0.1, 0.15) is 5.82 Å². The van der Waals surface area contributed by atoms with E-state index in [2.05, 4.69) is 21.2 Å². The third-order valence-corrected chi connectivity index (χ3v) is 3.29. The normalized spacial score (nSPS) is 10.1. The molecule has 0 fully saturated rings. The van der Waals surface area contributed by atoms with Crippen molar-refractivity contribution < 1.29 is 9.18 Å². The van der Waals surface area contributed by atoms with Crippen LogP contribution in [0.1, 0.15) is 10.4 Å². The number of hydrogen-bond acceptors (Lipinski definition) is 2. The molecule has 2 nitrogen and oxygen atoms in total. The lowest BCUT2D eigenvalue weighted by Gasteiger charge is -2.03. The van der Waals surface area contributed by atoms with E-state index in [0.29, 0.717) is 10.0 Å². The molecule has 0 unspecified atom stereocenters. The zero-order chi connectivity index (χ0) is 11.5. The van der Waals surface area contributed by atoms with E-state index in [1.54, 1.807) is 12.1 Å². The Balaban J connectivity index is 2.18. The molecular weight excluding hydrogens is 293 g/mol. The highest BCUT2D eigenvalue weighted by Gasteiger charge is 2.08. The van der Waals surface area contributed by atoms with Crippen LogP contribution in [0.2, 0.25) is 0 Å². The van der Waals surface area contributed by atoms with Gasteiger partial charge >= 0.3 is 0 Å². The standard InChI is InChI=1S/C11H7BrFNOS/c12-9-2-1-7(5-10(9)13)11(15)14-8-3-4-16-6-8/h1-6H,(H,14,15). The van der Waals surface area contributed by atoms with E-state index in [4.69, 9.17) is 0 Å². The first-order valence-corrected chi connectivity index (χ1v) is 6.19. The maximum absolute atomic E-state index is 13.2. The lowest BCUT2D eigenvalue weighted by atomic mass is 10.2. The Morgan fingerprint density at radius 1 is 1.38 bits per heavy atom. The second kappa shape index (κ2) is 4.76. The van der Waals surface area contributed by atoms with Gasteiger partial charge in [-0.15, -0.1) is 0 Å². The maximum Gasteiger partial charge on any atom is 0.255 e. The highest BCUT2D eigenvalue weighted by Crippen LogP contribution is 2.18. The second-order valence-corrected chi connectivity index (χ2v) is 4.73. The molecule has 1 heterocycles. The molecular formula is C11H7BrFNOS. The molecule has 1 amide bonds. The lowest BCUT2D eigenvalue weighted by molar-refractivity contribution is 0.102. The number of halogens is 2. The van der Waals surface area contributed by atoms with Gasteiger partial charge in [-0.3, -0.25) is 4.79 Å². The molecule has 2 aromatic rings. The van der Waals surface area contributed by atoms with Crippen LogP contribution in [0.25, 0.3) is 0 Å². The van der Waals surface area contributed by atoms with Gasteiger partial charge < -0.3 is 5.32 Å². The van der Waals surface area contributed by atoms with Crippen LogP contribution in [-0.2, 0) is 0 Å². The third kappa shape index (κ3) is 2.48. The topological polar surface area (TPSA) is 29.1 Å². The summed E-state index contributed by atoms with van der Waals surface area (Å²) in [6.45, 7) is 0. The minimum absolute atomic E-state index is 0.298. The van der Waals surface area contributed by atoms with Gasteiger partial charge in [-0.25, -0.2) is 4.39 Å². The third-order valence-electron chi connectivity index (χ3n) is 1.96. The van der Waals surface area contributed by atoms with Crippen molar-refractivity contribution in [3.8, 4) is 0 Å². The van der Waals surface area contributed by atoms with Gasteiger partial charge in [0.15, 0.2) is 0 Å². The average molecular weight is 300 g/mol. The Kier molecular flexibility index (Phi) is 3.36. The predicted octanol–water partition coefficient (Wildman–Crippen LogP) is 3.90. The fraction of sp³-hybridized carbons (Fsp3) is 0. The van der Waals surface area contributed by atoms with Crippen molar-refractivity contribution >= 4 is 38.9 Å². The molecule has 1 N–H and O–H groups in total. The Morgan fingerprint density at radius 2 is 2.19 bits per heavy atom. The lowest BCUT2D eigenvalue weighted by Crippen LogP contribution is -2.11. The monoisotopic (exact) mass is 299 g/mol. The van der Waals surface area contributed by atoms with Crippen LogP contribution >= 0.6 is 27.3 Å². The van der Waals surface area contributed by atoms with E-state index < -0.39 is 5.82 Å². The number of rotatable bonds is 2. The molecule has 0 saturated carbocycles. The fourth-order valence-electron chi connectivity index (χ4n) is 1.18. The molecule has 0 saturated heterocycles. The summed E-state index contributed by atoms with van der Waals surface area (Å²) in [6, 6.07) is 6.07. The SMILES string of the molecule is O=C(Nc1ccsc1)c1ccc(Br)c(F)c1. The molecule has 0 aliphatic carbocycles. The van der Waals surface area contributed by atoms with Crippen LogP contribution < -0.4 is 5.32 Å². The number of hydrogen-bond donors (Lipinski definition) is 1. The molecule has 1 aromatic heterocycles. The number of benzene rings is 1. The van der Waals surface area contributed by atoms with E-state index in [-0.39, 0.29) is 5.91 Å². The Hall–Kier alpha value is -1.20. The van der Waals surface area contributed by atoms with E-state index in [1.165, 1.54) is 23.5 Å². The summed E-state index contributed by atoms with van der Waals surface area (Å²) in [6.07, 6.45) is 0. The Bertz CT molecular complexity index is 513. The molecule has 0 atom stereocenters. The average Bonchev–Trinajstić information content (AvgIpc) is 2.74. The van der Waals surface area contributed by atoms with Crippen molar-refractivity contribution in [2.45, 2.75) is 0 Å². The minimum atomic E-state index is -0.446. The number of carbonyl (C=O) groups is 1. The van der Waals surface area contributed by atoms with Crippen molar-refractivity contribution in [3.05, 3.63) is 50.9 Å². The van der Waals surface area contributed by atoms with Gasteiger partial charge in [-0.2, -0.15) is 11.3 Å². The van der Waals surface area contributed by atoms with E-state index in [1.807, 2.05) is 10.8 Å². The van der Waals surface area contributed by atoms with Crippen LogP contribution in [0.15, 0.2) is 39.5 Å². The highest BCUT2D eigenvalue weighted by molar-refractivity contribution is 9.10. The summed E-state index contributed by atoms with van der Waals surface area (Å²) in [5.74, 6) is -0.761. The number of thiophene rings is 1. The highest BCUT2D eigenvalue weighted by atomic mass is 79.9. The summed E-state index contributed by atoms with van der Waals surface area (Å²) in [7, 11) is 0. The van der Waals surface area contributed by atoms with E-state index >= 15 is 0 Å². The minimum Gasteiger partial charge on any atom is -0.321 e. The first-order chi connectivity index (χ1) is 7.66.